The van der Waals surface area contributed by atoms with Gasteiger partial charge in [0.1, 0.15) is 5.82 Å². The first kappa shape index (κ1) is 9.86. The molecule has 1 heterocycles. The van der Waals surface area contributed by atoms with E-state index in [2.05, 4.69) is 34.2 Å². The summed E-state index contributed by atoms with van der Waals surface area (Å²) in [4.78, 5) is 4.07. The van der Waals surface area contributed by atoms with Crippen molar-refractivity contribution >= 4 is 24.4 Å². The van der Waals surface area contributed by atoms with Crippen LogP contribution in [0, 0.1) is 11.7 Å². The Morgan fingerprint density at radius 2 is 2.00 bits per heavy atom. The Morgan fingerprint density at radius 3 is 2.67 bits per heavy atom. The predicted octanol–water partition coefficient (Wildman–Crippen LogP) is 2.95. The second-order valence-corrected chi connectivity index (χ2v) is 3.63. The molecule has 0 unspecified atom stereocenters. The van der Waals surface area contributed by atoms with Crippen LogP contribution in [-0.4, -0.2) is 15.2 Å². The summed E-state index contributed by atoms with van der Waals surface area (Å²) in [5, 5.41) is 5.62. The summed E-state index contributed by atoms with van der Waals surface area (Å²) in [6.07, 6.45) is 3.91. The van der Waals surface area contributed by atoms with Crippen LogP contribution in [0.25, 0.3) is 12.2 Å². The van der Waals surface area contributed by atoms with E-state index in [9.17, 15) is 0 Å². The van der Waals surface area contributed by atoms with Gasteiger partial charge >= 0.3 is 0 Å². The molecule has 2 rings (SSSR count). The average Bonchev–Trinajstić information content (AvgIpc) is 2.63. The van der Waals surface area contributed by atoms with Gasteiger partial charge in [0.15, 0.2) is 0 Å². The van der Waals surface area contributed by atoms with E-state index >= 15 is 0 Å². The minimum Gasteiger partial charge on any atom is -0.282 e. The fourth-order valence-electron chi connectivity index (χ4n) is 1.30. The van der Waals surface area contributed by atoms with Crippen molar-refractivity contribution in [1.82, 2.24) is 15.2 Å². The van der Waals surface area contributed by atoms with E-state index in [0.717, 1.165) is 5.82 Å². The van der Waals surface area contributed by atoms with Gasteiger partial charge in [-0.1, -0.05) is 30.3 Å². The van der Waals surface area contributed by atoms with Gasteiger partial charge in [-0.3, -0.25) is 10.2 Å². The SMILES string of the molecule is Cc1ccccc1/C=C/c1nc(=S)[nH][nH]1. The van der Waals surface area contributed by atoms with Crippen LogP contribution in [0.5, 0.6) is 0 Å². The zero-order valence-corrected chi connectivity index (χ0v) is 9.14. The third-order valence-corrected chi connectivity index (χ3v) is 2.32. The van der Waals surface area contributed by atoms with Gasteiger partial charge in [0, 0.05) is 0 Å². The molecular formula is C11H11N3S. The van der Waals surface area contributed by atoms with Crippen LogP contribution in [0.2, 0.25) is 0 Å². The van der Waals surface area contributed by atoms with Crippen molar-refractivity contribution < 1.29 is 0 Å². The minimum absolute atomic E-state index is 0.472. The summed E-state index contributed by atoms with van der Waals surface area (Å²) in [7, 11) is 0. The van der Waals surface area contributed by atoms with E-state index in [1.54, 1.807) is 0 Å². The van der Waals surface area contributed by atoms with Crippen molar-refractivity contribution in [1.29, 1.82) is 0 Å². The van der Waals surface area contributed by atoms with E-state index in [4.69, 9.17) is 12.2 Å². The van der Waals surface area contributed by atoms with Crippen LogP contribution in [0.1, 0.15) is 17.0 Å². The number of nitrogens with zero attached hydrogens (tertiary/aromatic N) is 1. The van der Waals surface area contributed by atoms with Crippen molar-refractivity contribution in [2.45, 2.75) is 6.92 Å². The molecule has 0 spiro atoms. The fraction of sp³-hybridized carbons (Fsp3) is 0.0909. The highest BCUT2D eigenvalue weighted by molar-refractivity contribution is 7.71. The van der Waals surface area contributed by atoms with Crippen LogP contribution in [0.3, 0.4) is 0 Å². The van der Waals surface area contributed by atoms with E-state index in [0.29, 0.717) is 4.77 Å². The molecule has 15 heavy (non-hydrogen) atoms. The largest absolute Gasteiger partial charge is 0.282 e. The van der Waals surface area contributed by atoms with Crippen molar-refractivity contribution in [2.24, 2.45) is 0 Å². The lowest BCUT2D eigenvalue weighted by Gasteiger charge is -1.97. The summed E-state index contributed by atoms with van der Waals surface area (Å²) in [5.74, 6) is 0.739. The molecule has 3 nitrogen and oxygen atoms in total. The molecule has 0 radical (unpaired) electrons. The molecule has 76 valence electrons. The van der Waals surface area contributed by atoms with Crippen LogP contribution in [0.4, 0.5) is 0 Å². The standard InChI is InChI=1S/C11H11N3S/c1-8-4-2-3-5-9(8)6-7-10-12-11(15)14-13-10/h2-7H,1H3,(H2,12,13,14,15)/b7-6+. The lowest BCUT2D eigenvalue weighted by molar-refractivity contribution is 1.07. The second-order valence-electron chi connectivity index (χ2n) is 3.24. The van der Waals surface area contributed by atoms with E-state index in [-0.39, 0.29) is 0 Å². The summed E-state index contributed by atoms with van der Waals surface area (Å²) >= 11 is 4.86. The molecule has 0 saturated heterocycles. The summed E-state index contributed by atoms with van der Waals surface area (Å²) < 4.78 is 0.472. The number of aromatic nitrogens is 3. The highest BCUT2D eigenvalue weighted by Crippen LogP contribution is 2.10. The van der Waals surface area contributed by atoms with Crippen LogP contribution >= 0.6 is 12.2 Å². The molecule has 0 aliphatic rings. The first-order valence-electron chi connectivity index (χ1n) is 4.64. The van der Waals surface area contributed by atoms with Crippen molar-refractivity contribution in [3.05, 3.63) is 46.0 Å². The average molecular weight is 217 g/mol. The highest BCUT2D eigenvalue weighted by Gasteiger charge is 1.92. The Kier molecular flexibility index (Phi) is 2.78. The fourth-order valence-corrected chi connectivity index (χ4v) is 1.45. The van der Waals surface area contributed by atoms with Gasteiger partial charge in [-0.25, -0.2) is 4.98 Å². The molecule has 2 aromatic rings. The number of aryl methyl sites for hydroxylation is 1. The molecule has 0 aliphatic carbocycles. The summed E-state index contributed by atoms with van der Waals surface area (Å²) in [6.45, 7) is 2.08. The van der Waals surface area contributed by atoms with Gasteiger partial charge in [-0.15, -0.1) is 0 Å². The van der Waals surface area contributed by atoms with Crippen molar-refractivity contribution in [3.63, 3.8) is 0 Å². The van der Waals surface area contributed by atoms with Crippen LogP contribution < -0.4 is 0 Å². The van der Waals surface area contributed by atoms with Crippen LogP contribution in [0.15, 0.2) is 24.3 Å². The lowest BCUT2D eigenvalue weighted by atomic mass is 10.1. The Labute approximate surface area is 92.9 Å². The number of rotatable bonds is 2. The summed E-state index contributed by atoms with van der Waals surface area (Å²) in [6, 6.07) is 8.17. The van der Waals surface area contributed by atoms with E-state index < -0.39 is 0 Å². The maximum Gasteiger partial charge on any atom is 0.213 e. The third kappa shape index (κ3) is 2.41. The predicted molar refractivity (Wildman–Crippen MR) is 63.9 cm³/mol. The smallest absolute Gasteiger partial charge is 0.213 e. The molecule has 4 heteroatoms. The number of benzene rings is 1. The van der Waals surface area contributed by atoms with Gasteiger partial charge in [-0.05, 0) is 36.3 Å². The highest BCUT2D eigenvalue weighted by atomic mass is 32.1. The number of aromatic amines is 2. The molecule has 0 fully saturated rings. The summed E-state index contributed by atoms with van der Waals surface area (Å²) in [5.41, 5.74) is 2.42. The molecule has 2 N–H and O–H groups in total. The monoisotopic (exact) mass is 217 g/mol. The number of nitrogens with one attached hydrogen (secondary N) is 2. The molecule has 0 bridgehead atoms. The topological polar surface area (TPSA) is 44.5 Å². The molecule has 1 aromatic carbocycles. The maximum atomic E-state index is 4.86. The molecule has 0 amide bonds. The van der Waals surface area contributed by atoms with Gasteiger partial charge in [0.25, 0.3) is 0 Å². The van der Waals surface area contributed by atoms with Gasteiger partial charge in [0.05, 0.1) is 0 Å². The molecule has 0 aliphatic heterocycles. The molecule has 0 saturated carbocycles. The normalized spacial score (nSPS) is 11.0. The van der Waals surface area contributed by atoms with Gasteiger partial charge < -0.3 is 0 Å². The maximum absolute atomic E-state index is 4.86. The Morgan fingerprint density at radius 1 is 1.20 bits per heavy atom. The van der Waals surface area contributed by atoms with Crippen LogP contribution in [-0.2, 0) is 0 Å². The second kappa shape index (κ2) is 4.23. The number of H-pyrrole nitrogens is 2. The van der Waals surface area contributed by atoms with Gasteiger partial charge in [0.2, 0.25) is 4.77 Å². The first-order valence-corrected chi connectivity index (χ1v) is 5.05. The Hall–Kier alpha value is -1.68. The van der Waals surface area contributed by atoms with Crippen molar-refractivity contribution in [2.75, 3.05) is 0 Å². The Bertz CT molecular complexity index is 537. The third-order valence-electron chi connectivity index (χ3n) is 2.13. The Balaban J connectivity index is 2.26. The minimum atomic E-state index is 0.472. The zero-order chi connectivity index (χ0) is 10.7. The zero-order valence-electron chi connectivity index (χ0n) is 8.32. The molecule has 0 atom stereocenters. The molecular weight excluding hydrogens is 206 g/mol. The number of hydrogen-bond acceptors (Lipinski definition) is 2. The molecule has 1 aromatic heterocycles. The van der Waals surface area contributed by atoms with Gasteiger partial charge in [-0.2, -0.15) is 0 Å². The quantitative estimate of drug-likeness (QED) is 0.760. The first-order chi connectivity index (χ1) is 7.25. The number of hydrogen-bond donors (Lipinski definition) is 2. The van der Waals surface area contributed by atoms with E-state index in [1.165, 1.54) is 11.1 Å². The van der Waals surface area contributed by atoms with E-state index in [1.807, 2.05) is 24.3 Å². The van der Waals surface area contributed by atoms with Crippen molar-refractivity contribution in [3.8, 4) is 0 Å². The lowest BCUT2D eigenvalue weighted by Crippen LogP contribution is -1.79.